The molecule has 9 heteroatoms. The van der Waals surface area contributed by atoms with E-state index in [1.54, 1.807) is 4.90 Å². The van der Waals surface area contributed by atoms with Gasteiger partial charge in [0, 0.05) is 32.6 Å². The molecule has 6 nitrogen and oxygen atoms in total. The van der Waals surface area contributed by atoms with E-state index in [1.165, 1.54) is 35.5 Å². The van der Waals surface area contributed by atoms with Crippen LogP contribution in [0.25, 0.3) is 0 Å². The molecule has 2 bridgehead atoms. The zero-order valence-corrected chi connectivity index (χ0v) is 14.6. The zero-order valence-electron chi connectivity index (χ0n) is 13.8. The van der Waals surface area contributed by atoms with Crippen LogP contribution < -0.4 is 4.74 Å². The Kier molecular flexibility index (Phi) is 4.97. The van der Waals surface area contributed by atoms with Crippen LogP contribution in [-0.4, -0.2) is 55.8 Å². The maximum Gasteiger partial charge on any atom is 0.387 e. The highest BCUT2D eigenvalue weighted by molar-refractivity contribution is 7.89. The number of sulfonamides is 1. The number of carbonyl (C=O) groups is 1. The van der Waals surface area contributed by atoms with Gasteiger partial charge in [-0.3, -0.25) is 4.79 Å². The van der Waals surface area contributed by atoms with Crippen LogP contribution in [0.15, 0.2) is 29.2 Å². The number of halogens is 2. The van der Waals surface area contributed by atoms with Crippen LogP contribution in [0.5, 0.6) is 5.75 Å². The summed E-state index contributed by atoms with van der Waals surface area (Å²) in [5.74, 6) is -0.0300. The number of hydrogen-bond donors (Lipinski definition) is 0. The summed E-state index contributed by atoms with van der Waals surface area (Å²) in [4.78, 5) is 13.4. The van der Waals surface area contributed by atoms with Gasteiger partial charge in [-0.25, -0.2) is 8.42 Å². The minimum atomic E-state index is -3.76. The second-order valence-electron chi connectivity index (χ2n) is 6.45. The van der Waals surface area contributed by atoms with E-state index < -0.39 is 16.6 Å². The number of piperidine rings is 1. The van der Waals surface area contributed by atoms with Gasteiger partial charge in [0.2, 0.25) is 15.9 Å². The number of ether oxygens (including phenoxy) is 1. The van der Waals surface area contributed by atoms with E-state index in [9.17, 15) is 22.0 Å². The topological polar surface area (TPSA) is 66.9 Å². The zero-order chi connectivity index (χ0) is 18.2. The normalized spacial score (nSPS) is 24.4. The highest BCUT2D eigenvalue weighted by Gasteiger charge is 2.41. The molecule has 3 fully saturated rings. The van der Waals surface area contributed by atoms with Crippen LogP contribution in [0.2, 0.25) is 0 Å². The molecule has 3 heterocycles. The SMILES string of the molecule is CC(=O)N1C[C@@H]2CC[C@H](C1)N(S(=O)(=O)c1ccc(OC(F)F)cc1)C2. The number of alkyl halides is 2. The molecule has 25 heavy (non-hydrogen) atoms. The minimum Gasteiger partial charge on any atom is -0.435 e. The fourth-order valence-electron chi connectivity index (χ4n) is 3.52. The number of carbonyl (C=O) groups excluding carboxylic acids is 1. The standard InChI is InChI=1S/C16H20F2N2O4S/c1-11(21)19-8-12-2-3-13(10-19)20(9-12)25(22,23)15-6-4-14(5-7-15)24-16(17)18/h4-7,12-13,16H,2-3,8-10H2,1H3/t12-,13+/m0/s1. The number of hydrogen-bond acceptors (Lipinski definition) is 4. The van der Waals surface area contributed by atoms with Crippen molar-refractivity contribution < 1.29 is 26.7 Å². The van der Waals surface area contributed by atoms with Crippen molar-refractivity contribution in [2.45, 2.75) is 37.3 Å². The first kappa shape index (κ1) is 18.1. The fraction of sp³-hybridized carbons (Fsp3) is 0.562. The number of benzene rings is 1. The summed E-state index contributed by atoms with van der Waals surface area (Å²) >= 11 is 0. The molecule has 1 amide bonds. The van der Waals surface area contributed by atoms with Gasteiger partial charge in [0.25, 0.3) is 0 Å². The highest BCUT2D eigenvalue weighted by atomic mass is 32.2. The lowest BCUT2D eigenvalue weighted by Gasteiger charge is -2.34. The molecular weight excluding hydrogens is 354 g/mol. The Morgan fingerprint density at radius 1 is 1.16 bits per heavy atom. The Bertz CT molecular complexity index is 739. The molecule has 3 saturated heterocycles. The van der Waals surface area contributed by atoms with Gasteiger partial charge < -0.3 is 9.64 Å². The maximum atomic E-state index is 13.0. The smallest absolute Gasteiger partial charge is 0.387 e. The quantitative estimate of drug-likeness (QED) is 0.808. The maximum absolute atomic E-state index is 13.0. The van der Waals surface area contributed by atoms with Crippen LogP contribution in [0, 0.1) is 5.92 Å². The van der Waals surface area contributed by atoms with Crippen molar-refractivity contribution in [1.29, 1.82) is 0 Å². The number of amides is 1. The Hall–Kier alpha value is -1.74. The average molecular weight is 374 g/mol. The van der Waals surface area contributed by atoms with E-state index in [4.69, 9.17) is 0 Å². The Morgan fingerprint density at radius 3 is 2.44 bits per heavy atom. The van der Waals surface area contributed by atoms with E-state index in [0.717, 1.165) is 6.42 Å². The summed E-state index contributed by atoms with van der Waals surface area (Å²) in [6, 6.07) is 4.72. The lowest BCUT2D eigenvalue weighted by Crippen LogP contribution is -2.47. The molecule has 0 radical (unpaired) electrons. The van der Waals surface area contributed by atoms with Crippen LogP contribution >= 0.6 is 0 Å². The van der Waals surface area contributed by atoms with Gasteiger partial charge in [-0.2, -0.15) is 13.1 Å². The third-order valence-electron chi connectivity index (χ3n) is 4.76. The minimum absolute atomic E-state index is 0.0380. The third-order valence-corrected chi connectivity index (χ3v) is 6.70. The van der Waals surface area contributed by atoms with Gasteiger partial charge in [-0.05, 0) is 43.0 Å². The molecule has 0 spiro atoms. The molecule has 0 N–H and O–H groups in total. The number of rotatable bonds is 4. The monoisotopic (exact) mass is 374 g/mol. The van der Waals surface area contributed by atoms with Gasteiger partial charge in [0.05, 0.1) is 4.90 Å². The predicted molar refractivity (Wildman–Crippen MR) is 85.7 cm³/mol. The first-order valence-electron chi connectivity index (χ1n) is 8.09. The molecule has 1 aromatic carbocycles. The van der Waals surface area contributed by atoms with Gasteiger partial charge >= 0.3 is 6.61 Å². The van der Waals surface area contributed by atoms with Crippen molar-refractivity contribution in [3.63, 3.8) is 0 Å². The molecule has 0 saturated carbocycles. The van der Waals surface area contributed by atoms with Crippen molar-refractivity contribution in [3.8, 4) is 5.75 Å². The second kappa shape index (κ2) is 6.87. The summed E-state index contributed by atoms with van der Waals surface area (Å²) in [7, 11) is -3.76. The molecule has 0 aromatic heterocycles. The van der Waals surface area contributed by atoms with Gasteiger partial charge in [-0.15, -0.1) is 0 Å². The van der Waals surface area contributed by atoms with Gasteiger partial charge in [0.1, 0.15) is 5.75 Å². The second-order valence-corrected chi connectivity index (χ2v) is 8.34. The molecule has 0 aliphatic carbocycles. The summed E-state index contributed by atoms with van der Waals surface area (Å²) in [5.41, 5.74) is 0. The van der Waals surface area contributed by atoms with Crippen molar-refractivity contribution in [2.75, 3.05) is 19.6 Å². The van der Waals surface area contributed by atoms with Gasteiger partial charge in [-0.1, -0.05) is 0 Å². The van der Waals surface area contributed by atoms with Crippen LogP contribution in [-0.2, 0) is 14.8 Å². The van der Waals surface area contributed by atoms with Crippen molar-refractivity contribution >= 4 is 15.9 Å². The summed E-state index contributed by atoms with van der Waals surface area (Å²) in [6.07, 6.45) is 1.60. The molecule has 1 aromatic rings. The molecule has 2 atom stereocenters. The van der Waals surface area contributed by atoms with Crippen molar-refractivity contribution in [1.82, 2.24) is 9.21 Å². The lowest BCUT2D eigenvalue weighted by atomic mass is 9.97. The summed E-state index contributed by atoms with van der Waals surface area (Å²) in [6.45, 7) is -0.144. The van der Waals surface area contributed by atoms with Crippen LogP contribution in [0.4, 0.5) is 8.78 Å². The molecule has 0 unspecified atom stereocenters. The molecule has 3 aliphatic heterocycles. The average Bonchev–Trinajstić information content (AvgIpc) is 2.87. The molecule has 138 valence electrons. The summed E-state index contributed by atoms with van der Waals surface area (Å²) < 4.78 is 56.1. The number of nitrogens with zero attached hydrogens (tertiary/aromatic N) is 2. The molecule has 4 rings (SSSR count). The Labute approximate surface area is 145 Å². The van der Waals surface area contributed by atoms with E-state index in [0.29, 0.717) is 26.1 Å². The Morgan fingerprint density at radius 2 is 1.84 bits per heavy atom. The third kappa shape index (κ3) is 3.77. The first-order valence-corrected chi connectivity index (χ1v) is 9.53. The largest absolute Gasteiger partial charge is 0.435 e. The molecular formula is C16H20F2N2O4S. The highest BCUT2D eigenvalue weighted by Crippen LogP contribution is 2.33. The van der Waals surface area contributed by atoms with E-state index in [2.05, 4.69) is 4.74 Å². The van der Waals surface area contributed by atoms with E-state index in [-0.39, 0.29) is 28.5 Å². The predicted octanol–water partition coefficient (Wildman–Crippen LogP) is 1.92. The van der Waals surface area contributed by atoms with E-state index in [1.807, 2.05) is 0 Å². The molecule has 3 aliphatic rings. The first-order chi connectivity index (χ1) is 11.8. The van der Waals surface area contributed by atoms with Crippen LogP contribution in [0.1, 0.15) is 19.8 Å². The number of fused-ring (bicyclic) bond motifs is 4. The fourth-order valence-corrected chi connectivity index (χ4v) is 5.24. The van der Waals surface area contributed by atoms with Crippen LogP contribution in [0.3, 0.4) is 0 Å². The van der Waals surface area contributed by atoms with Gasteiger partial charge in [0.15, 0.2) is 0 Å². The summed E-state index contributed by atoms with van der Waals surface area (Å²) in [5, 5.41) is 0. The van der Waals surface area contributed by atoms with Crippen molar-refractivity contribution in [2.24, 2.45) is 5.92 Å². The Balaban J connectivity index is 1.83. The van der Waals surface area contributed by atoms with Crippen molar-refractivity contribution in [3.05, 3.63) is 24.3 Å². The lowest BCUT2D eigenvalue weighted by molar-refractivity contribution is -0.129. The van der Waals surface area contributed by atoms with E-state index >= 15 is 0 Å².